The minimum atomic E-state index is -4.80. The molecule has 1 aromatic carbocycles. The lowest BCUT2D eigenvalue weighted by Gasteiger charge is -2.11. The Morgan fingerprint density at radius 1 is 1.07 bits per heavy atom. The average Bonchev–Trinajstić information content (AvgIpc) is 1.99. The Kier molecular flexibility index (Phi) is 2.88. The molecule has 0 amide bonds. The largest absolute Gasteiger partial charge is 0.454 e. The number of alkyl halides is 3. The lowest BCUT2D eigenvalue weighted by Crippen LogP contribution is -2.24. The molecule has 0 aliphatic carbocycles. The molecule has 0 aliphatic rings. The van der Waals surface area contributed by atoms with Gasteiger partial charge in [-0.2, -0.15) is 13.2 Å². The van der Waals surface area contributed by atoms with E-state index in [1.54, 1.807) is 19.1 Å². The van der Waals surface area contributed by atoms with Crippen molar-refractivity contribution in [2.45, 2.75) is 26.9 Å². The highest BCUT2D eigenvalue weighted by atomic mass is 19.4. The number of Topliss-reactive ketones (excluding diaryl/α,β-unsaturated/α-hetero) is 1. The Morgan fingerprint density at radius 2 is 1.47 bits per heavy atom. The Balaban J connectivity index is 3.33. The summed E-state index contributed by atoms with van der Waals surface area (Å²) in [5.41, 5.74) is 1.36. The van der Waals surface area contributed by atoms with Crippen molar-refractivity contribution in [1.82, 2.24) is 0 Å². The standard InChI is InChI=1S/C11H11F3O/c1-6-4-7(2)9(8(3)5-6)10(15)11(12,13)14/h4-5H,1-3H3. The summed E-state index contributed by atoms with van der Waals surface area (Å²) < 4.78 is 36.7. The van der Waals surface area contributed by atoms with Crippen molar-refractivity contribution in [2.75, 3.05) is 0 Å². The van der Waals surface area contributed by atoms with Crippen LogP contribution in [0.3, 0.4) is 0 Å². The SMILES string of the molecule is Cc1cc(C)c(C(=O)C(F)(F)F)c(C)c1. The number of rotatable bonds is 1. The molecule has 15 heavy (non-hydrogen) atoms. The molecule has 1 nitrogen and oxygen atoms in total. The van der Waals surface area contributed by atoms with E-state index in [2.05, 4.69) is 0 Å². The lowest BCUT2D eigenvalue weighted by molar-refractivity contribution is -0.0886. The molecule has 0 radical (unpaired) electrons. The van der Waals surface area contributed by atoms with E-state index in [1.807, 2.05) is 0 Å². The minimum absolute atomic E-state index is 0.229. The normalized spacial score (nSPS) is 11.6. The van der Waals surface area contributed by atoms with Crippen LogP contribution in [0.5, 0.6) is 0 Å². The van der Waals surface area contributed by atoms with Crippen LogP contribution in [0.15, 0.2) is 12.1 Å². The van der Waals surface area contributed by atoms with Crippen molar-refractivity contribution in [2.24, 2.45) is 0 Å². The highest BCUT2D eigenvalue weighted by molar-refractivity contribution is 6.02. The monoisotopic (exact) mass is 216 g/mol. The van der Waals surface area contributed by atoms with Crippen molar-refractivity contribution in [3.63, 3.8) is 0 Å². The molecule has 1 aromatic rings. The molecule has 4 heteroatoms. The van der Waals surface area contributed by atoms with Gasteiger partial charge in [-0.25, -0.2) is 0 Å². The summed E-state index contributed by atoms with van der Waals surface area (Å²) in [5, 5.41) is 0. The second-order valence-corrected chi connectivity index (χ2v) is 3.60. The Bertz CT molecular complexity index is 382. The number of hydrogen-bond acceptors (Lipinski definition) is 1. The quantitative estimate of drug-likeness (QED) is 0.658. The third-order valence-corrected chi connectivity index (χ3v) is 2.16. The fourth-order valence-electron chi connectivity index (χ4n) is 1.68. The van der Waals surface area contributed by atoms with Crippen LogP contribution in [0.2, 0.25) is 0 Å². The molecule has 82 valence electrons. The number of hydrogen-bond donors (Lipinski definition) is 0. The first-order valence-corrected chi connectivity index (χ1v) is 4.43. The van der Waals surface area contributed by atoms with E-state index in [0.717, 1.165) is 5.56 Å². The van der Waals surface area contributed by atoms with E-state index >= 15 is 0 Å². The van der Waals surface area contributed by atoms with Crippen molar-refractivity contribution >= 4 is 5.78 Å². The van der Waals surface area contributed by atoms with Gasteiger partial charge in [0.15, 0.2) is 0 Å². The number of ketones is 1. The number of carbonyl (C=O) groups excluding carboxylic acids is 1. The molecule has 0 bridgehead atoms. The molecule has 0 N–H and O–H groups in total. The van der Waals surface area contributed by atoms with E-state index in [-0.39, 0.29) is 5.56 Å². The Labute approximate surface area is 85.9 Å². The average molecular weight is 216 g/mol. The summed E-state index contributed by atoms with van der Waals surface area (Å²) in [7, 11) is 0. The number of benzene rings is 1. The summed E-state index contributed by atoms with van der Waals surface area (Å²) in [6, 6.07) is 3.15. The molecule has 0 aromatic heterocycles. The summed E-state index contributed by atoms with van der Waals surface area (Å²) in [5.74, 6) is -1.77. The summed E-state index contributed by atoms with van der Waals surface area (Å²) in [6.45, 7) is 4.81. The van der Waals surface area contributed by atoms with E-state index in [4.69, 9.17) is 0 Å². The first-order valence-electron chi connectivity index (χ1n) is 4.43. The van der Waals surface area contributed by atoms with Gasteiger partial charge in [0.1, 0.15) is 0 Å². The van der Waals surface area contributed by atoms with Gasteiger partial charge in [0, 0.05) is 5.56 Å². The fraction of sp³-hybridized carbons (Fsp3) is 0.364. The number of aryl methyl sites for hydroxylation is 3. The summed E-state index contributed by atoms with van der Waals surface area (Å²) in [6.07, 6.45) is -4.80. The maximum Gasteiger partial charge on any atom is 0.454 e. The predicted molar refractivity (Wildman–Crippen MR) is 51.0 cm³/mol. The molecule has 0 heterocycles. The maximum absolute atomic E-state index is 12.2. The number of halogens is 3. The van der Waals surface area contributed by atoms with Gasteiger partial charge in [0.25, 0.3) is 5.78 Å². The van der Waals surface area contributed by atoms with Crippen molar-refractivity contribution in [3.8, 4) is 0 Å². The van der Waals surface area contributed by atoms with Gasteiger partial charge in [-0.15, -0.1) is 0 Å². The molecule has 0 saturated carbocycles. The highest BCUT2D eigenvalue weighted by Gasteiger charge is 2.40. The molecular weight excluding hydrogens is 205 g/mol. The van der Waals surface area contributed by atoms with Crippen LogP contribution < -0.4 is 0 Å². The highest BCUT2D eigenvalue weighted by Crippen LogP contribution is 2.26. The van der Waals surface area contributed by atoms with E-state index < -0.39 is 12.0 Å². The van der Waals surface area contributed by atoms with Crippen molar-refractivity contribution in [3.05, 3.63) is 34.4 Å². The summed E-state index contributed by atoms with van der Waals surface area (Å²) >= 11 is 0. The number of carbonyl (C=O) groups is 1. The van der Waals surface area contributed by atoms with Gasteiger partial charge >= 0.3 is 6.18 Å². The third-order valence-electron chi connectivity index (χ3n) is 2.16. The first-order chi connectivity index (χ1) is 6.73. The van der Waals surface area contributed by atoms with Crippen LogP contribution in [0, 0.1) is 20.8 Å². The maximum atomic E-state index is 12.2. The van der Waals surface area contributed by atoms with Gasteiger partial charge in [-0.05, 0) is 31.9 Å². The van der Waals surface area contributed by atoms with Gasteiger partial charge in [0.05, 0.1) is 0 Å². The molecule has 0 saturated heterocycles. The zero-order valence-corrected chi connectivity index (χ0v) is 8.70. The molecule has 0 unspecified atom stereocenters. The second kappa shape index (κ2) is 3.68. The van der Waals surface area contributed by atoms with Crippen LogP contribution in [0.1, 0.15) is 27.0 Å². The van der Waals surface area contributed by atoms with E-state index in [0.29, 0.717) is 11.1 Å². The first kappa shape index (κ1) is 11.8. The third kappa shape index (κ3) is 2.37. The predicted octanol–water partition coefficient (Wildman–Crippen LogP) is 3.36. The van der Waals surface area contributed by atoms with E-state index in [9.17, 15) is 18.0 Å². The Morgan fingerprint density at radius 3 is 1.80 bits per heavy atom. The van der Waals surface area contributed by atoms with Crippen LogP contribution in [0.25, 0.3) is 0 Å². The van der Waals surface area contributed by atoms with Crippen molar-refractivity contribution < 1.29 is 18.0 Å². The smallest absolute Gasteiger partial charge is 0.284 e. The van der Waals surface area contributed by atoms with Gasteiger partial charge in [0.2, 0.25) is 0 Å². The Hall–Kier alpha value is -1.32. The van der Waals surface area contributed by atoms with Crippen LogP contribution in [0.4, 0.5) is 13.2 Å². The molecule has 0 atom stereocenters. The lowest BCUT2D eigenvalue weighted by atomic mass is 9.96. The zero-order chi connectivity index (χ0) is 11.8. The molecule has 0 aliphatic heterocycles. The van der Waals surface area contributed by atoms with Gasteiger partial charge < -0.3 is 0 Å². The van der Waals surface area contributed by atoms with Crippen LogP contribution in [-0.2, 0) is 0 Å². The topological polar surface area (TPSA) is 17.1 Å². The summed E-state index contributed by atoms with van der Waals surface area (Å²) in [4.78, 5) is 11.1. The fourth-order valence-corrected chi connectivity index (χ4v) is 1.68. The minimum Gasteiger partial charge on any atom is -0.284 e. The molecular formula is C11H11F3O. The molecule has 0 fully saturated rings. The van der Waals surface area contributed by atoms with E-state index in [1.165, 1.54) is 13.8 Å². The molecule has 0 spiro atoms. The zero-order valence-electron chi connectivity index (χ0n) is 8.70. The second-order valence-electron chi connectivity index (χ2n) is 3.60. The van der Waals surface area contributed by atoms with Gasteiger partial charge in [-0.1, -0.05) is 17.7 Å². The van der Waals surface area contributed by atoms with Crippen LogP contribution in [-0.4, -0.2) is 12.0 Å². The van der Waals surface area contributed by atoms with Gasteiger partial charge in [-0.3, -0.25) is 4.79 Å². The van der Waals surface area contributed by atoms with Crippen molar-refractivity contribution in [1.29, 1.82) is 0 Å². The van der Waals surface area contributed by atoms with Crippen LogP contribution >= 0.6 is 0 Å². The molecule has 1 rings (SSSR count).